The van der Waals surface area contributed by atoms with Gasteiger partial charge in [-0.25, -0.2) is 0 Å². The molecule has 0 spiro atoms. The number of hydrogen-bond acceptors (Lipinski definition) is 5. The Kier molecular flexibility index (Phi) is 4.23. The third-order valence-corrected chi connectivity index (χ3v) is 3.38. The lowest BCUT2D eigenvalue weighted by Crippen LogP contribution is -2.33. The summed E-state index contributed by atoms with van der Waals surface area (Å²) >= 11 is 1.72. The Morgan fingerprint density at radius 1 is 1.56 bits per heavy atom. The lowest BCUT2D eigenvalue weighted by atomic mass is 10.1. The lowest BCUT2D eigenvalue weighted by Gasteiger charge is -2.14. The quantitative estimate of drug-likeness (QED) is 0.789. The zero-order valence-corrected chi connectivity index (χ0v) is 10.7. The highest BCUT2D eigenvalue weighted by Crippen LogP contribution is 2.33. The Bertz CT molecular complexity index is 325. The molecule has 1 N–H and O–H groups in total. The summed E-state index contributed by atoms with van der Waals surface area (Å²) < 4.78 is 5.26. The van der Waals surface area contributed by atoms with Gasteiger partial charge in [-0.2, -0.15) is 16.7 Å². The number of nitrogens with zero attached hydrogens (tertiary/aromatic N) is 2. The third kappa shape index (κ3) is 3.22. The van der Waals surface area contributed by atoms with Gasteiger partial charge in [-0.1, -0.05) is 12.1 Å². The van der Waals surface area contributed by atoms with E-state index in [-0.39, 0.29) is 0 Å². The molecule has 1 aliphatic rings. The van der Waals surface area contributed by atoms with Gasteiger partial charge in [-0.3, -0.25) is 0 Å². The molecule has 1 unspecified atom stereocenters. The molecule has 0 amide bonds. The van der Waals surface area contributed by atoms with Gasteiger partial charge in [0.2, 0.25) is 5.89 Å². The van der Waals surface area contributed by atoms with Crippen molar-refractivity contribution in [3.63, 3.8) is 0 Å². The predicted octanol–water partition coefficient (Wildman–Crippen LogP) is 1.86. The van der Waals surface area contributed by atoms with Crippen molar-refractivity contribution in [3.05, 3.63) is 11.7 Å². The van der Waals surface area contributed by atoms with Gasteiger partial charge in [0.05, 0.1) is 5.75 Å². The Balaban J connectivity index is 1.89. The van der Waals surface area contributed by atoms with Crippen LogP contribution in [-0.4, -0.2) is 29.0 Å². The minimum absolute atomic E-state index is 0.521. The number of nitrogens with one attached hydrogen (secondary N) is 1. The average Bonchev–Trinajstić information content (AvgIpc) is 3.02. The summed E-state index contributed by atoms with van der Waals surface area (Å²) in [6.07, 6.45) is 5.59. The molecule has 0 aliphatic heterocycles. The fourth-order valence-corrected chi connectivity index (χ4v) is 2.29. The fraction of sp³-hybridized carbons (Fsp3) is 0.818. The Morgan fingerprint density at radius 2 is 2.38 bits per heavy atom. The van der Waals surface area contributed by atoms with E-state index in [0.717, 1.165) is 36.4 Å². The van der Waals surface area contributed by atoms with Gasteiger partial charge in [0.15, 0.2) is 5.82 Å². The molecular weight excluding hydrogens is 222 g/mol. The molecule has 90 valence electrons. The molecule has 1 aromatic rings. The highest BCUT2D eigenvalue weighted by atomic mass is 32.2. The first-order valence-electron chi connectivity index (χ1n) is 5.87. The molecular formula is C11H19N3OS. The van der Waals surface area contributed by atoms with Crippen molar-refractivity contribution >= 4 is 11.8 Å². The Morgan fingerprint density at radius 3 is 3.00 bits per heavy atom. The summed E-state index contributed by atoms with van der Waals surface area (Å²) in [6, 6.07) is 0.521. The van der Waals surface area contributed by atoms with Crippen molar-refractivity contribution in [2.24, 2.45) is 5.92 Å². The van der Waals surface area contributed by atoms with Crippen LogP contribution >= 0.6 is 11.8 Å². The number of hydrogen-bond donors (Lipinski definition) is 1. The van der Waals surface area contributed by atoms with Crippen molar-refractivity contribution < 1.29 is 4.52 Å². The van der Waals surface area contributed by atoms with Crippen molar-refractivity contribution in [3.8, 4) is 0 Å². The topological polar surface area (TPSA) is 51.0 Å². The Labute approximate surface area is 101 Å². The van der Waals surface area contributed by atoms with Gasteiger partial charge >= 0.3 is 0 Å². The monoisotopic (exact) mass is 241 g/mol. The second-order valence-electron chi connectivity index (χ2n) is 4.24. The molecule has 1 atom stereocenters. The minimum atomic E-state index is 0.521. The molecule has 1 aromatic heterocycles. The first-order valence-corrected chi connectivity index (χ1v) is 7.26. The highest BCUT2D eigenvalue weighted by Gasteiger charge is 2.31. The van der Waals surface area contributed by atoms with Crippen LogP contribution in [-0.2, 0) is 12.2 Å². The van der Waals surface area contributed by atoms with Crippen LogP contribution in [0.15, 0.2) is 4.52 Å². The zero-order chi connectivity index (χ0) is 11.4. The summed E-state index contributed by atoms with van der Waals surface area (Å²) in [7, 11) is 0. The maximum absolute atomic E-state index is 5.26. The molecule has 5 heteroatoms. The summed E-state index contributed by atoms with van der Waals surface area (Å²) in [5, 5.41) is 7.47. The summed E-state index contributed by atoms with van der Waals surface area (Å²) in [5.41, 5.74) is 0. The van der Waals surface area contributed by atoms with Crippen LogP contribution in [0.5, 0.6) is 0 Å². The first kappa shape index (κ1) is 11.9. The second-order valence-corrected chi connectivity index (χ2v) is 5.11. The molecule has 16 heavy (non-hydrogen) atoms. The van der Waals surface area contributed by atoms with Crippen molar-refractivity contribution in [2.45, 2.75) is 38.0 Å². The SMILES string of the molecule is CCNC(Cc1nc(CSC)no1)C1CC1. The molecule has 4 nitrogen and oxygen atoms in total. The van der Waals surface area contributed by atoms with Crippen LogP contribution in [0.1, 0.15) is 31.5 Å². The van der Waals surface area contributed by atoms with Crippen molar-refractivity contribution in [1.82, 2.24) is 15.5 Å². The zero-order valence-electron chi connectivity index (χ0n) is 9.90. The van der Waals surface area contributed by atoms with E-state index in [0.29, 0.717) is 6.04 Å². The van der Waals surface area contributed by atoms with Crippen LogP contribution in [0.25, 0.3) is 0 Å². The molecule has 0 aromatic carbocycles. The summed E-state index contributed by atoms with van der Waals surface area (Å²) in [5.74, 6) is 3.24. The molecule has 0 radical (unpaired) electrons. The fourth-order valence-electron chi connectivity index (χ4n) is 1.92. The van der Waals surface area contributed by atoms with E-state index in [9.17, 15) is 0 Å². The maximum atomic E-state index is 5.26. The van der Waals surface area contributed by atoms with Gasteiger partial charge in [0, 0.05) is 12.5 Å². The molecule has 1 heterocycles. The highest BCUT2D eigenvalue weighted by molar-refractivity contribution is 7.97. The number of thioether (sulfide) groups is 1. The van der Waals surface area contributed by atoms with Gasteiger partial charge in [0.1, 0.15) is 0 Å². The van der Waals surface area contributed by atoms with E-state index < -0.39 is 0 Å². The van der Waals surface area contributed by atoms with Crippen LogP contribution < -0.4 is 5.32 Å². The largest absolute Gasteiger partial charge is 0.339 e. The molecule has 1 saturated carbocycles. The second kappa shape index (κ2) is 5.68. The van der Waals surface area contributed by atoms with Crippen LogP contribution in [0, 0.1) is 5.92 Å². The third-order valence-electron chi connectivity index (χ3n) is 2.84. The minimum Gasteiger partial charge on any atom is -0.339 e. The van der Waals surface area contributed by atoms with Gasteiger partial charge in [-0.15, -0.1) is 0 Å². The number of rotatable bonds is 7. The van der Waals surface area contributed by atoms with E-state index in [4.69, 9.17) is 4.52 Å². The molecule has 0 bridgehead atoms. The number of likely N-dealkylation sites (N-methyl/N-ethyl adjacent to an activating group) is 1. The Hall–Kier alpha value is -0.550. The smallest absolute Gasteiger partial charge is 0.228 e. The van der Waals surface area contributed by atoms with E-state index in [1.54, 1.807) is 11.8 Å². The molecule has 0 saturated heterocycles. The standard InChI is InChI=1S/C11H19N3OS/c1-3-12-9(8-4-5-8)6-11-13-10(7-16-2)14-15-11/h8-9,12H,3-7H2,1-2H3. The summed E-state index contributed by atoms with van der Waals surface area (Å²) in [4.78, 5) is 4.39. The van der Waals surface area contributed by atoms with Crippen LogP contribution in [0.3, 0.4) is 0 Å². The summed E-state index contributed by atoms with van der Waals surface area (Å²) in [6.45, 7) is 3.15. The lowest BCUT2D eigenvalue weighted by molar-refractivity contribution is 0.345. The number of aromatic nitrogens is 2. The maximum Gasteiger partial charge on any atom is 0.228 e. The normalized spacial score (nSPS) is 17.6. The van der Waals surface area contributed by atoms with E-state index in [1.807, 2.05) is 6.26 Å². The molecule has 1 aliphatic carbocycles. The van der Waals surface area contributed by atoms with Crippen molar-refractivity contribution in [2.75, 3.05) is 12.8 Å². The van der Waals surface area contributed by atoms with E-state index in [2.05, 4.69) is 22.4 Å². The van der Waals surface area contributed by atoms with Crippen LogP contribution in [0.4, 0.5) is 0 Å². The molecule has 2 rings (SSSR count). The van der Waals surface area contributed by atoms with E-state index in [1.165, 1.54) is 12.8 Å². The van der Waals surface area contributed by atoms with Crippen molar-refractivity contribution in [1.29, 1.82) is 0 Å². The van der Waals surface area contributed by atoms with Crippen LogP contribution in [0.2, 0.25) is 0 Å². The average molecular weight is 241 g/mol. The van der Waals surface area contributed by atoms with Gasteiger partial charge in [0.25, 0.3) is 0 Å². The first-order chi connectivity index (χ1) is 7.83. The van der Waals surface area contributed by atoms with E-state index >= 15 is 0 Å². The van der Waals surface area contributed by atoms with Gasteiger partial charge < -0.3 is 9.84 Å². The molecule has 1 fully saturated rings. The van der Waals surface area contributed by atoms with Gasteiger partial charge in [-0.05, 0) is 31.6 Å². The predicted molar refractivity (Wildman–Crippen MR) is 65.4 cm³/mol.